The van der Waals surface area contributed by atoms with Gasteiger partial charge < -0.3 is 10.5 Å². The summed E-state index contributed by atoms with van der Waals surface area (Å²) in [6.07, 6.45) is 1.63. The fourth-order valence-corrected chi connectivity index (χ4v) is 2.64. The summed E-state index contributed by atoms with van der Waals surface area (Å²) in [7, 11) is 0. The molecule has 0 saturated carbocycles. The highest BCUT2D eigenvalue weighted by Crippen LogP contribution is 2.24. The molecule has 2 N–H and O–H groups in total. The molecule has 0 spiro atoms. The van der Waals surface area contributed by atoms with Crippen molar-refractivity contribution in [3.63, 3.8) is 0 Å². The van der Waals surface area contributed by atoms with Crippen LogP contribution in [-0.2, 0) is 11.3 Å². The van der Waals surface area contributed by atoms with Crippen LogP contribution < -0.4 is 5.73 Å². The van der Waals surface area contributed by atoms with Crippen molar-refractivity contribution >= 4 is 5.91 Å². The number of morpholine rings is 1. The predicted octanol–water partition coefficient (Wildman–Crippen LogP) is 1.68. The molecular formula is C17H19N3O2. The molecule has 1 aromatic carbocycles. The van der Waals surface area contributed by atoms with Crippen molar-refractivity contribution in [3.05, 3.63) is 53.7 Å². The van der Waals surface area contributed by atoms with Gasteiger partial charge in [0.15, 0.2) is 0 Å². The Hall–Kier alpha value is -2.24. The second kappa shape index (κ2) is 6.68. The van der Waals surface area contributed by atoms with E-state index in [0.717, 1.165) is 44.1 Å². The third kappa shape index (κ3) is 3.32. The Kier molecular flexibility index (Phi) is 4.46. The van der Waals surface area contributed by atoms with E-state index in [4.69, 9.17) is 10.5 Å². The Bertz CT molecular complexity index is 666. The van der Waals surface area contributed by atoms with Crippen LogP contribution in [0.2, 0.25) is 0 Å². The molecule has 1 aliphatic heterocycles. The summed E-state index contributed by atoms with van der Waals surface area (Å²) >= 11 is 0. The zero-order chi connectivity index (χ0) is 15.4. The Morgan fingerprint density at radius 1 is 1.23 bits per heavy atom. The Morgan fingerprint density at radius 3 is 2.77 bits per heavy atom. The van der Waals surface area contributed by atoms with Crippen molar-refractivity contribution < 1.29 is 9.53 Å². The first kappa shape index (κ1) is 14.7. The number of primary amides is 1. The van der Waals surface area contributed by atoms with Crippen LogP contribution in [0.15, 0.2) is 42.6 Å². The van der Waals surface area contributed by atoms with Gasteiger partial charge in [0.25, 0.3) is 0 Å². The van der Waals surface area contributed by atoms with Crippen molar-refractivity contribution in [1.82, 2.24) is 9.88 Å². The average molecular weight is 297 g/mol. The summed E-state index contributed by atoms with van der Waals surface area (Å²) < 4.78 is 5.39. The number of carbonyl (C=O) groups is 1. The normalized spacial score (nSPS) is 15.6. The fourth-order valence-electron chi connectivity index (χ4n) is 2.64. The number of carbonyl (C=O) groups excluding carboxylic acids is 1. The van der Waals surface area contributed by atoms with E-state index in [1.165, 1.54) is 5.56 Å². The van der Waals surface area contributed by atoms with Gasteiger partial charge in [0, 0.05) is 37.0 Å². The zero-order valence-electron chi connectivity index (χ0n) is 12.4. The van der Waals surface area contributed by atoms with E-state index in [9.17, 15) is 4.79 Å². The minimum absolute atomic E-state index is 0.436. The molecule has 1 amide bonds. The van der Waals surface area contributed by atoms with E-state index in [-0.39, 0.29) is 0 Å². The topological polar surface area (TPSA) is 68.5 Å². The predicted molar refractivity (Wildman–Crippen MR) is 84.3 cm³/mol. The summed E-state index contributed by atoms with van der Waals surface area (Å²) in [5.41, 5.74) is 8.85. The Balaban J connectivity index is 1.90. The molecule has 1 aliphatic rings. The molecule has 1 saturated heterocycles. The number of pyridine rings is 1. The molecule has 0 atom stereocenters. The van der Waals surface area contributed by atoms with Crippen LogP contribution >= 0.6 is 0 Å². The van der Waals surface area contributed by atoms with Gasteiger partial charge in [0.2, 0.25) is 5.91 Å². The molecular weight excluding hydrogens is 278 g/mol. The molecule has 5 heteroatoms. The molecule has 2 aromatic rings. The summed E-state index contributed by atoms with van der Waals surface area (Å²) in [5, 5.41) is 0. The second-order valence-corrected chi connectivity index (χ2v) is 5.34. The van der Waals surface area contributed by atoms with Crippen LogP contribution in [0.4, 0.5) is 0 Å². The monoisotopic (exact) mass is 297 g/mol. The number of nitrogens with zero attached hydrogens (tertiary/aromatic N) is 2. The maximum Gasteiger partial charge on any atom is 0.248 e. The molecule has 5 nitrogen and oxygen atoms in total. The van der Waals surface area contributed by atoms with E-state index < -0.39 is 5.91 Å². The van der Waals surface area contributed by atoms with Crippen LogP contribution in [0, 0.1) is 0 Å². The average Bonchev–Trinajstić information content (AvgIpc) is 2.56. The molecule has 0 radical (unpaired) electrons. The standard InChI is InChI=1S/C17H19N3O2/c18-17(21)13-5-6-19-16(11-13)15-4-2-1-3-14(15)12-20-7-9-22-10-8-20/h1-6,11H,7-10,12H2,(H2,18,21). The van der Waals surface area contributed by atoms with Gasteiger partial charge in [0.05, 0.1) is 18.9 Å². The molecule has 114 valence electrons. The van der Waals surface area contributed by atoms with Gasteiger partial charge in [-0.2, -0.15) is 0 Å². The maximum absolute atomic E-state index is 11.4. The number of rotatable bonds is 4. The smallest absolute Gasteiger partial charge is 0.248 e. The van der Waals surface area contributed by atoms with Gasteiger partial charge >= 0.3 is 0 Å². The number of aromatic nitrogens is 1. The number of ether oxygens (including phenoxy) is 1. The molecule has 1 fully saturated rings. The van der Waals surface area contributed by atoms with Crippen molar-refractivity contribution in [2.75, 3.05) is 26.3 Å². The van der Waals surface area contributed by atoms with Crippen LogP contribution in [0.3, 0.4) is 0 Å². The summed E-state index contributed by atoms with van der Waals surface area (Å²) in [6.45, 7) is 4.27. The van der Waals surface area contributed by atoms with Crippen molar-refractivity contribution in [2.24, 2.45) is 5.73 Å². The minimum atomic E-state index is -0.436. The number of hydrogen-bond donors (Lipinski definition) is 1. The first-order valence-corrected chi connectivity index (χ1v) is 7.38. The first-order valence-electron chi connectivity index (χ1n) is 7.38. The van der Waals surface area contributed by atoms with Crippen LogP contribution in [-0.4, -0.2) is 42.1 Å². The molecule has 3 rings (SSSR count). The number of hydrogen-bond acceptors (Lipinski definition) is 4. The highest BCUT2D eigenvalue weighted by Gasteiger charge is 2.14. The van der Waals surface area contributed by atoms with Crippen molar-refractivity contribution in [2.45, 2.75) is 6.54 Å². The van der Waals surface area contributed by atoms with E-state index in [1.807, 2.05) is 18.2 Å². The van der Waals surface area contributed by atoms with Crippen LogP contribution in [0.1, 0.15) is 15.9 Å². The van der Waals surface area contributed by atoms with Crippen LogP contribution in [0.25, 0.3) is 11.3 Å². The van der Waals surface area contributed by atoms with Gasteiger partial charge in [-0.3, -0.25) is 14.7 Å². The lowest BCUT2D eigenvalue weighted by Gasteiger charge is -2.27. The number of benzene rings is 1. The fraction of sp³-hybridized carbons (Fsp3) is 0.294. The van der Waals surface area contributed by atoms with E-state index in [0.29, 0.717) is 5.56 Å². The third-order valence-electron chi connectivity index (χ3n) is 3.84. The van der Waals surface area contributed by atoms with Gasteiger partial charge in [-0.05, 0) is 17.7 Å². The number of amides is 1. The molecule has 22 heavy (non-hydrogen) atoms. The highest BCUT2D eigenvalue weighted by molar-refractivity contribution is 5.93. The zero-order valence-corrected chi connectivity index (χ0v) is 12.4. The Labute approximate surface area is 129 Å². The summed E-state index contributed by atoms with van der Waals surface area (Å²) in [6, 6.07) is 11.5. The summed E-state index contributed by atoms with van der Waals surface area (Å²) in [4.78, 5) is 18.1. The quantitative estimate of drug-likeness (QED) is 0.932. The highest BCUT2D eigenvalue weighted by atomic mass is 16.5. The van der Waals surface area contributed by atoms with Crippen molar-refractivity contribution in [3.8, 4) is 11.3 Å². The van der Waals surface area contributed by atoms with E-state index in [2.05, 4.69) is 16.0 Å². The molecule has 1 aromatic heterocycles. The van der Waals surface area contributed by atoms with Gasteiger partial charge in [-0.15, -0.1) is 0 Å². The SMILES string of the molecule is NC(=O)c1ccnc(-c2ccccc2CN2CCOCC2)c1. The van der Waals surface area contributed by atoms with Gasteiger partial charge in [-0.1, -0.05) is 24.3 Å². The van der Waals surface area contributed by atoms with Crippen LogP contribution in [0.5, 0.6) is 0 Å². The second-order valence-electron chi connectivity index (χ2n) is 5.34. The van der Waals surface area contributed by atoms with E-state index >= 15 is 0 Å². The molecule has 0 aliphatic carbocycles. The molecule has 0 unspecified atom stereocenters. The lowest BCUT2D eigenvalue weighted by molar-refractivity contribution is 0.0342. The number of nitrogens with two attached hydrogens (primary N) is 1. The Morgan fingerprint density at radius 2 is 2.00 bits per heavy atom. The first-order chi connectivity index (χ1) is 10.7. The third-order valence-corrected chi connectivity index (χ3v) is 3.84. The van der Waals surface area contributed by atoms with E-state index in [1.54, 1.807) is 18.3 Å². The minimum Gasteiger partial charge on any atom is -0.379 e. The summed E-state index contributed by atoms with van der Waals surface area (Å²) in [5.74, 6) is -0.436. The largest absolute Gasteiger partial charge is 0.379 e. The maximum atomic E-state index is 11.4. The lowest BCUT2D eigenvalue weighted by Crippen LogP contribution is -2.35. The lowest BCUT2D eigenvalue weighted by atomic mass is 10.0. The van der Waals surface area contributed by atoms with Gasteiger partial charge in [0.1, 0.15) is 0 Å². The molecule has 2 heterocycles. The van der Waals surface area contributed by atoms with Gasteiger partial charge in [-0.25, -0.2) is 0 Å². The molecule has 0 bridgehead atoms. The van der Waals surface area contributed by atoms with Crippen molar-refractivity contribution in [1.29, 1.82) is 0 Å².